The van der Waals surface area contributed by atoms with Crippen molar-refractivity contribution in [3.05, 3.63) is 60.2 Å². The average Bonchev–Trinajstić information content (AvgIpc) is 3.12. The van der Waals surface area contributed by atoms with Crippen LogP contribution in [0.3, 0.4) is 0 Å². The van der Waals surface area contributed by atoms with E-state index < -0.39 is 37.3 Å². The summed E-state index contributed by atoms with van der Waals surface area (Å²) in [5.74, 6) is 0. The van der Waals surface area contributed by atoms with Gasteiger partial charge in [0.25, 0.3) is 0 Å². The Hall–Kier alpha value is -2.20. The predicted octanol–water partition coefficient (Wildman–Crippen LogP) is 0.287. The highest BCUT2D eigenvalue weighted by Gasteiger charge is 2.44. The van der Waals surface area contributed by atoms with Crippen molar-refractivity contribution in [1.29, 1.82) is 0 Å². The molecule has 0 unspecified atom stereocenters. The van der Waals surface area contributed by atoms with Crippen molar-refractivity contribution in [2.75, 3.05) is 36.2 Å². The van der Waals surface area contributed by atoms with Gasteiger partial charge in [-0.2, -0.15) is 0 Å². The first-order chi connectivity index (χ1) is 14.6. The summed E-state index contributed by atoms with van der Waals surface area (Å²) in [5, 5.41) is 39.2. The Balaban J connectivity index is 1.37. The van der Waals surface area contributed by atoms with Gasteiger partial charge in [-0.15, -0.1) is 0 Å². The number of fused-ring (bicyclic) bond motifs is 1. The van der Waals surface area contributed by atoms with E-state index in [1.807, 2.05) is 30.3 Å². The highest BCUT2D eigenvalue weighted by molar-refractivity contribution is 5.76. The van der Waals surface area contributed by atoms with Crippen LogP contribution >= 0.6 is 0 Å². The largest absolute Gasteiger partial charge is 0.394 e. The lowest BCUT2D eigenvalue weighted by atomic mass is 9.99. The van der Waals surface area contributed by atoms with Crippen molar-refractivity contribution in [2.24, 2.45) is 0 Å². The molecule has 1 fully saturated rings. The van der Waals surface area contributed by atoms with Gasteiger partial charge in [-0.05, 0) is 17.7 Å². The Morgan fingerprint density at radius 1 is 0.867 bits per heavy atom. The van der Waals surface area contributed by atoms with Crippen molar-refractivity contribution < 1.29 is 29.9 Å². The van der Waals surface area contributed by atoms with Crippen LogP contribution in [0.5, 0.6) is 0 Å². The van der Waals surface area contributed by atoms with Gasteiger partial charge in [-0.25, -0.2) is 0 Å². The number of benzene rings is 2. The van der Waals surface area contributed by atoms with Crippen LogP contribution in [0.2, 0.25) is 0 Å². The zero-order chi connectivity index (χ0) is 21.1. The third-order valence-corrected chi connectivity index (χ3v) is 5.61. The Bertz CT molecular complexity index is 820. The van der Waals surface area contributed by atoms with Gasteiger partial charge < -0.3 is 39.7 Å². The molecule has 0 radical (unpaired) electrons. The van der Waals surface area contributed by atoms with Crippen LogP contribution in [-0.4, -0.2) is 77.6 Å². The summed E-state index contributed by atoms with van der Waals surface area (Å²) in [7, 11) is 0. The lowest BCUT2D eigenvalue weighted by molar-refractivity contribution is -0.300. The normalized spacial score (nSPS) is 28.6. The zero-order valence-corrected chi connectivity index (χ0v) is 16.6. The highest BCUT2D eigenvalue weighted by Crippen LogP contribution is 2.36. The van der Waals surface area contributed by atoms with Gasteiger partial charge >= 0.3 is 0 Å². The summed E-state index contributed by atoms with van der Waals surface area (Å²) in [6.07, 6.45) is -6.29. The number of rotatable bonds is 7. The maximum Gasteiger partial charge on any atom is 0.186 e. The SMILES string of the molecule is OC[C@H]1O[C@@H](OCCN2CN(Cc3ccccc3)c3ccccc32)[C@H](O)[C@@H](O)[C@H]1O. The molecule has 0 aliphatic carbocycles. The molecule has 2 aliphatic rings. The number of aliphatic hydroxyl groups excluding tert-OH is 4. The maximum atomic E-state index is 10.1. The van der Waals surface area contributed by atoms with Crippen LogP contribution in [0.4, 0.5) is 11.4 Å². The van der Waals surface area contributed by atoms with Crippen LogP contribution in [0.25, 0.3) is 0 Å². The minimum absolute atomic E-state index is 0.246. The van der Waals surface area contributed by atoms with Gasteiger partial charge in [0, 0.05) is 13.1 Å². The van der Waals surface area contributed by atoms with E-state index in [-0.39, 0.29) is 6.61 Å². The number of anilines is 2. The van der Waals surface area contributed by atoms with Gasteiger partial charge in [0.15, 0.2) is 6.29 Å². The molecule has 162 valence electrons. The average molecular weight is 416 g/mol. The molecular weight excluding hydrogens is 388 g/mol. The van der Waals surface area contributed by atoms with Gasteiger partial charge in [-0.1, -0.05) is 42.5 Å². The van der Waals surface area contributed by atoms with Crippen LogP contribution in [0.1, 0.15) is 5.56 Å². The first-order valence-corrected chi connectivity index (χ1v) is 10.1. The van der Waals surface area contributed by atoms with E-state index >= 15 is 0 Å². The Labute approximate surface area is 175 Å². The van der Waals surface area contributed by atoms with Crippen molar-refractivity contribution in [2.45, 2.75) is 37.3 Å². The predicted molar refractivity (Wildman–Crippen MR) is 111 cm³/mol. The van der Waals surface area contributed by atoms with Crippen molar-refractivity contribution in [3.8, 4) is 0 Å². The molecule has 4 rings (SSSR count). The molecule has 0 aromatic heterocycles. The number of hydrogen-bond donors (Lipinski definition) is 4. The summed E-state index contributed by atoms with van der Waals surface area (Å²) < 4.78 is 11.1. The molecule has 8 nitrogen and oxygen atoms in total. The minimum atomic E-state index is -1.44. The van der Waals surface area contributed by atoms with E-state index in [1.165, 1.54) is 5.56 Å². The maximum absolute atomic E-state index is 10.1. The van der Waals surface area contributed by atoms with Gasteiger partial charge in [0.1, 0.15) is 24.4 Å². The second-order valence-corrected chi connectivity index (χ2v) is 7.65. The molecule has 2 aromatic rings. The smallest absolute Gasteiger partial charge is 0.186 e. The molecule has 2 heterocycles. The lowest BCUT2D eigenvalue weighted by Crippen LogP contribution is -2.59. The van der Waals surface area contributed by atoms with Crippen molar-refractivity contribution in [1.82, 2.24) is 0 Å². The summed E-state index contributed by atoms with van der Waals surface area (Å²) in [4.78, 5) is 4.47. The molecule has 1 saturated heterocycles. The molecule has 8 heteroatoms. The highest BCUT2D eigenvalue weighted by atomic mass is 16.7. The van der Waals surface area contributed by atoms with E-state index in [0.29, 0.717) is 13.2 Å². The van der Waals surface area contributed by atoms with Crippen LogP contribution in [0, 0.1) is 0 Å². The number of hydrogen-bond acceptors (Lipinski definition) is 8. The van der Waals surface area contributed by atoms with E-state index in [9.17, 15) is 20.4 Å². The van der Waals surface area contributed by atoms with Gasteiger partial charge in [0.05, 0.1) is 31.3 Å². The third-order valence-electron chi connectivity index (χ3n) is 5.61. The van der Waals surface area contributed by atoms with Crippen molar-refractivity contribution in [3.63, 3.8) is 0 Å². The molecule has 0 spiro atoms. The van der Waals surface area contributed by atoms with Crippen molar-refractivity contribution >= 4 is 11.4 Å². The molecule has 5 atom stereocenters. The standard InChI is InChI=1S/C22H28N2O6/c25-13-18-19(26)20(27)21(28)22(30-18)29-11-10-23-14-24(12-15-6-2-1-3-7-15)17-9-5-4-8-16(17)23/h1-9,18-22,25-28H,10-14H2/t18-,19+,20+,21-,22-/m1/s1. The first kappa shape index (κ1) is 21.0. The number of ether oxygens (including phenoxy) is 2. The second-order valence-electron chi connectivity index (χ2n) is 7.65. The number of para-hydroxylation sites is 2. The molecule has 4 N–H and O–H groups in total. The summed E-state index contributed by atoms with van der Waals surface area (Å²) in [6.45, 7) is 1.82. The molecule has 0 bridgehead atoms. The molecular formula is C22H28N2O6. The van der Waals surface area contributed by atoms with E-state index in [4.69, 9.17) is 9.47 Å². The third kappa shape index (κ3) is 4.29. The summed E-state index contributed by atoms with van der Waals surface area (Å²) in [5.41, 5.74) is 3.48. The molecule has 0 amide bonds. The number of nitrogens with zero attached hydrogens (tertiary/aromatic N) is 2. The summed E-state index contributed by atoms with van der Waals surface area (Å²) in [6, 6.07) is 18.4. The Kier molecular flexibility index (Phi) is 6.52. The Morgan fingerprint density at radius 3 is 2.23 bits per heavy atom. The topological polar surface area (TPSA) is 106 Å². The molecule has 0 saturated carbocycles. The van der Waals surface area contributed by atoms with Crippen LogP contribution in [-0.2, 0) is 16.0 Å². The van der Waals surface area contributed by atoms with Gasteiger partial charge in [0.2, 0.25) is 0 Å². The fraction of sp³-hybridized carbons (Fsp3) is 0.455. The quantitative estimate of drug-likeness (QED) is 0.510. The zero-order valence-electron chi connectivity index (χ0n) is 16.6. The number of aliphatic hydroxyl groups is 4. The monoisotopic (exact) mass is 416 g/mol. The summed E-state index contributed by atoms with van der Waals surface area (Å²) >= 11 is 0. The van der Waals surface area contributed by atoms with Crippen LogP contribution in [0.15, 0.2) is 54.6 Å². The van der Waals surface area contributed by atoms with Crippen LogP contribution < -0.4 is 9.80 Å². The molecule has 30 heavy (non-hydrogen) atoms. The lowest BCUT2D eigenvalue weighted by Gasteiger charge is -2.39. The first-order valence-electron chi connectivity index (χ1n) is 10.1. The molecule has 2 aromatic carbocycles. The van der Waals surface area contributed by atoms with Gasteiger partial charge in [-0.3, -0.25) is 0 Å². The fourth-order valence-electron chi connectivity index (χ4n) is 3.97. The van der Waals surface area contributed by atoms with E-state index in [0.717, 1.165) is 17.9 Å². The minimum Gasteiger partial charge on any atom is -0.394 e. The Morgan fingerprint density at radius 2 is 1.53 bits per heavy atom. The van der Waals surface area contributed by atoms with E-state index in [2.05, 4.69) is 34.1 Å². The van der Waals surface area contributed by atoms with E-state index in [1.54, 1.807) is 0 Å². The second kappa shape index (κ2) is 9.30. The fourth-order valence-corrected chi connectivity index (χ4v) is 3.97. The molecule has 2 aliphatic heterocycles.